The molecule has 2 aliphatic heterocycles. The Morgan fingerprint density at radius 3 is 2.61 bits per heavy atom. The lowest BCUT2D eigenvalue weighted by molar-refractivity contribution is -0.140. The Morgan fingerprint density at radius 2 is 1.91 bits per heavy atom. The van der Waals surface area contributed by atoms with Crippen molar-refractivity contribution in [2.75, 3.05) is 13.2 Å². The van der Waals surface area contributed by atoms with Crippen LogP contribution in [0.15, 0.2) is 48.0 Å². The zero-order chi connectivity index (χ0) is 23.7. The zero-order valence-electron chi connectivity index (χ0n) is 19.1. The summed E-state index contributed by atoms with van der Waals surface area (Å²) in [6.45, 7) is 6.59. The standard InChI is InChI=1S/C26H29NO6/c1-15(2)32-12-4-11-27-23(17-5-8-20(28)9-6-17)22(25(30)26(27)31)24(29)18-7-10-21-19(14-18)13-16(3)33-21/h5-10,14-16,23,28-29H,4,11-13H2,1-3H3/b24-22-. The molecule has 2 aromatic rings. The topological polar surface area (TPSA) is 96.3 Å². The Morgan fingerprint density at radius 1 is 1.18 bits per heavy atom. The van der Waals surface area contributed by atoms with Crippen molar-refractivity contribution in [3.63, 3.8) is 0 Å². The van der Waals surface area contributed by atoms with Crippen LogP contribution in [-0.2, 0) is 20.7 Å². The van der Waals surface area contributed by atoms with Gasteiger partial charge in [-0.15, -0.1) is 0 Å². The van der Waals surface area contributed by atoms with E-state index in [1.165, 1.54) is 17.0 Å². The molecule has 1 saturated heterocycles. The van der Waals surface area contributed by atoms with Gasteiger partial charge in [-0.25, -0.2) is 0 Å². The number of benzene rings is 2. The van der Waals surface area contributed by atoms with Crippen molar-refractivity contribution in [3.8, 4) is 11.5 Å². The molecule has 2 aromatic carbocycles. The highest BCUT2D eigenvalue weighted by atomic mass is 16.5. The van der Waals surface area contributed by atoms with Gasteiger partial charge >= 0.3 is 0 Å². The Labute approximate surface area is 193 Å². The normalized spacial score (nSPS) is 21.5. The monoisotopic (exact) mass is 451 g/mol. The van der Waals surface area contributed by atoms with Crippen LogP contribution in [0.25, 0.3) is 5.76 Å². The summed E-state index contributed by atoms with van der Waals surface area (Å²) < 4.78 is 11.3. The van der Waals surface area contributed by atoms with Crippen molar-refractivity contribution >= 4 is 17.4 Å². The number of hydrogen-bond acceptors (Lipinski definition) is 6. The van der Waals surface area contributed by atoms with Gasteiger partial charge < -0.3 is 24.6 Å². The van der Waals surface area contributed by atoms with Crippen molar-refractivity contribution in [2.24, 2.45) is 0 Å². The third-order valence-corrected chi connectivity index (χ3v) is 5.91. The average molecular weight is 452 g/mol. The number of aromatic hydroxyl groups is 1. The number of phenolic OH excluding ortho intramolecular Hbond substituents is 1. The number of fused-ring (bicyclic) bond motifs is 1. The van der Waals surface area contributed by atoms with Crippen molar-refractivity contribution in [3.05, 3.63) is 64.7 Å². The molecule has 1 fully saturated rings. The van der Waals surface area contributed by atoms with Crippen LogP contribution in [0.4, 0.5) is 0 Å². The van der Waals surface area contributed by atoms with E-state index >= 15 is 0 Å². The first-order valence-electron chi connectivity index (χ1n) is 11.2. The van der Waals surface area contributed by atoms with Gasteiger partial charge in [0.15, 0.2) is 0 Å². The lowest BCUT2D eigenvalue weighted by Gasteiger charge is -2.25. The summed E-state index contributed by atoms with van der Waals surface area (Å²) in [5, 5.41) is 20.9. The number of amides is 1. The van der Waals surface area contributed by atoms with Crippen LogP contribution in [0.3, 0.4) is 0 Å². The van der Waals surface area contributed by atoms with Gasteiger partial charge in [0.25, 0.3) is 11.7 Å². The Kier molecular flexibility index (Phi) is 6.42. The number of aliphatic hydroxyl groups is 1. The molecule has 2 N–H and O–H groups in total. The first-order chi connectivity index (χ1) is 15.8. The summed E-state index contributed by atoms with van der Waals surface area (Å²) in [6.07, 6.45) is 1.38. The van der Waals surface area contributed by atoms with E-state index in [2.05, 4.69) is 0 Å². The van der Waals surface area contributed by atoms with E-state index < -0.39 is 17.7 Å². The Hall–Kier alpha value is -3.32. The second kappa shape index (κ2) is 9.27. The second-order valence-electron chi connectivity index (χ2n) is 8.81. The minimum atomic E-state index is -0.756. The lowest BCUT2D eigenvalue weighted by Crippen LogP contribution is -2.31. The molecule has 7 heteroatoms. The number of nitrogens with zero attached hydrogens (tertiary/aromatic N) is 1. The van der Waals surface area contributed by atoms with E-state index in [-0.39, 0.29) is 29.3 Å². The zero-order valence-corrected chi connectivity index (χ0v) is 19.1. The summed E-state index contributed by atoms with van der Waals surface area (Å²) in [5.74, 6) is -0.749. The van der Waals surface area contributed by atoms with E-state index in [1.807, 2.05) is 26.8 Å². The SMILES string of the molecule is CC(C)OCCCN1C(=O)C(=O)/C(=C(\O)c2ccc3c(c2)CC(C)O3)C1c1ccc(O)cc1. The van der Waals surface area contributed by atoms with E-state index in [9.17, 15) is 19.8 Å². The maximum absolute atomic E-state index is 13.1. The fraction of sp³-hybridized carbons (Fsp3) is 0.385. The average Bonchev–Trinajstić information content (AvgIpc) is 3.27. The van der Waals surface area contributed by atoms with Gasteiger partial charge in [-0.05, 0) is 68.7 Å². The largest absolute Gasteiger partial charge is 0.508 e. The molecular formula is C26H29NO6. The molecule has 1 amide bonds. The molecular weight excluding hydrogens is 422 g/mol. The Bertz CT molecular complexity index is 1090. The number of hydrogen-bond donors (Lipinski definition) is 2. The molecule has 2 heterocycles. The molecule has 2 atom stereocenters. The summed E-state index contributed by atoms with van der Waals surface area (Å²) in [6, 6.07) is 10.9. The second-order valence-corrected chi connectivity index (χ2v) is 8.81. The number of carbonyl (C=O) groups is 2. The number of carbonyl (C=O) groups excluding carboxylic acids is 2. The third-order valence-electron chi connectivity index (χ3n) is 5.91. The first kappa shape index (κ1) is 22.9. The fourth-order valence-electron chi connectivity index (χ4n) is 4.39. The molecule has 0 bridgehead atoms. The number of aliphatic hydroxyl groups excluding tert-OH is 1. The minimum Gasteiger partial charge on any atom is -0.508 e. The lowest BCUT2D eigenvalue weighted by atomic mass is 9.94. The number of ketones is 1. The first-order valence-corrected chi connectivity index (χ1v) is 11.2. The predicted octanol–water partition coefficient (Wildman–Crippen LogP) is 3.95. The van der Waals surface area contributed by atoms with E-state index in [1.54, 1.807) is 24.3 Å². The fourth-order valence-corrected chi connectivity index (χ4v) is 4.39. The number of likely N-dealkylation sites (tertiary alicyclic amines) is 1. The molecule has 7 nitrogen and oxygen atoms in total. The summed E-state index contributed by atoms with van der Waals surface area (Å²) in [4.78, 5) is 27.5. The maximum Gasteiger partial charge on any atom is 0.295 e. The van der Waals surface area contributed by atoms with Crippen LogP contribution in [0.1, 0.15) is 49.9 Å². The number of phenols is 1. The van der Waals surface area contributed by atoms with Gasteiger partial charge in [-0.1, -0.05) is 12.1 Å². The number of ether oxygens (including phenoxy) is 2. The predicted molar refractivity (Wildman–Crippen MR) is 123 cm³/mol. The molecule has 0 aliphatic carbocycles. The van der Waals surface area contributed by atoms with Gasteiger partial charge in [0.1, 0.15) is 23.4 Å². The molecule has 4 rings (SSSR count). The van der Waals surface area contributed by atoms with Crippen molar-refractivity contribution < 1.29 is 29.3 Å². The van der Waals surface area contributed by atoms with Gasteiger partial charge in [-0.3, -0.25) is 9.59 Å². The molecule has 2 unspecified atom stereocenters. The highest BCUT2D eigenvalue weighted by molar-refractivity contribution is 6.46. The molecule has 0 spiro atoms. The molecule has 0 saturated carbocycles. The van der Waals surface area contributed by atoms with Gasteiger partial charge in [-0.2, -0.15) is 0 Å². The smallest absolute Gasteiger partial charge is 0.295 e. The van der Waals surface area contributed by atoms with Crippen LogP contribution in [0, 0.1) is 0 Å². The summed E-state index contributed by atoms with van der Waals surface area (Å²) in [7, 11) is 0. The van der Waals surface area contributed by atoms with Crippen molar-refractivity contribution in [1.29, 1.82) is 0 Å². The molecule has 0 radical (unpaired) electrons. The van der Waals surface area contributed by atoms with Crippen LogP contribution in [-0.4, -0.2) is 52.2 Å². The quantitative estimate of drug-likeness (QED) is 0.286. The Balaban J connectivity index is 1.73. The van der Waals surface area contributed by atoms with Crippen LogP contribution in [0.5, 0.6) is 11.5 Å². The maximum atomic E-state index is 13.1. The minimum absolute atomic E-state index is 0.0439. The molecule has 174 valence electrons. The van der Waals surface area contributed by atoms with Gasteiger partial charge in [0.2, 0.25) is 0 Å². The summed E-state index contributed by atoms with van der Waals surface area (Å²) in [5.41, 5.74) is 2.10. The number of rotatable bonds is 7. The summed E-state index contributed by atoms with van der Waals surface area (Å²) >= 11 is 0. The van der Waals surface area contributed by atoms with Crippen molar-refractivity contribution in [2.45, 2.75) is 51.9 Å². The third kappa shape index (κ3) is 4.59. The van der Waals surface area contributed by atoms with E-state index in [4.69, 9.17) is 9.47 Å². The highest BCUT2D eigenvalue weighted by Crippen LogP contribution is 2.41. The van der Waals surface area contributed by atoms with E-state index in [0.717, 1.165) is 11.3 Å². The molecule has 2 aliphatic rings. The van der Waals surface area contributed by atoms with Crippen molar-refractivity contribution in [1.82, 2.24) is 4.90 Å². The van der Waals surface area contributed by atoms with Gasteiger partial charge in [0, 0.05) is 25.1 Å². The molecule has 0 aromatic heterocycles. The van der Waals surface area contributed by atoms with Gasteiger partial charge in [0.05, 0.1) is 17.7 Å². The molecule has 33 heavy (non-hydrogen) atoms. The highest BCUT2D eigenvalue weighted by Gasteiger charge is 2.45. The van der Waals surface area contributed by atoms with Crippen LogP contribution >= 0.6 is 0 Å². The van der Waals surface area contributed by atoms with E-state index in [0.29, 0.717) is 37.1 Å². The number of Topliss-reactive ketones (excluding diaryl/α,β-unsaturated/α-hetero) is 1. The van der Waals surface area contributed by atoms with Crippen LogP contribution in [0.2, 0.25) is 0 Å². The van der Waals surface area contributed by atoms with Crippen LogP contribution < -0.4 is 4.74 Å².